The number of benzene rings is 4. The van der Waals surface area contributed by atoms with Crippen LogP contribution in [0.5, 0.6) is 17.2 Å². The number of aromatic nitrogens is 1. The number of nitriles is 1. The number of sulfonamides is 1. The lowest BCUT2D eigenvalue weighted by Gasteiger charge is -2.28. The van der Waals surface area contributed by atoms with Crippen LogP contribution in [0.3, 0.4) is 0 Å². The van der Waals surface area contributed by atoms with E-state index in [0.29, 0.717) is 53.8 Å². The van der Waals surface area contributed by atoms with E-state index in [0.717, 1.165) is 34.2 Å². The molecule has 0 atom stereocenters. The number of pyridine rings is 1. The van der Waals surface area contributed by atoms with Crippen molar-refractivity contribution < 1.29 is 23.0 Å². The summed E-state index contributed by atoms with van der Waals surface area (Å²) in [5, 5.41) is 19.2. The Labute approximate surface area is 269 Å². The van der Waals surface area contributed by atoms with Crippen molar-refractivity contribution in [3.05, 3.63) is 143 Å². The summed E-state index contributed by atoms with van der Waals surface area (Å²) in [6.07, 6.45) is 4.57. The second-order valence-electron chi connectivity index (χ2n) is 10.9. The van der Waals surface area contributed by atoms with Gasteiger partial charge in [-0.1, -0.05) is 36.4 Å². The second-order valence-corrected chi connectivity index (χ2v) is 12.6. The Kier molecular flexibility index (Phi) is 10.2. The summed E-state index contributed by atoms with van der Waals surface area (Å²) in [6, 6.07) is 31.9. The molecule has 46 heavy (non-hydrogen) atoms. The normalized spacial score (nSPS) is 11.0. The summed E-state index contributed by atoms with van der Waals surface area (Å²) < 4.78 is 38.7. The molecule has 0 unspecified atom stereocenters. The number of nitrogens with zero attached hydrogens (tertiary/aromatic N) is 3. The molecule has 0 saturated carbocycles. The minimum absolute atomic E-state index is 0.160. The van der Waals surface area contributed by atoms with Crippen LogP contribution in [-0.4, -0.2) is 24.8 Å². The maximum atomic E-state index is 12.0. The summed E-state index contributed by atoms with van der Waals surface area (Å²) >= 11 is 0. The molecule has 0 aliphatic rings. The van der Waals surface area contributed by atoms with Gasteiger partial charge in [0.05, 0.1) is 30.2 Å². The zero-order valence-corrected chi connectivity index (χ0v) is 26.4. The summed E-state index contributed by atoms with van der Waals surface area (Å²) in [5.74, 6) is 1.72. The van der Waals surface area contributed by atoms with E-state index in [1.807, 2.05) is 73.7 Å². The minimum Gasteiger partial charge on any atom is -0.489 e. The number of hydrogen-bond acceptors (Lipinski definition) is 8. The van der Waals surface area contributed by atoms with E-state index < -0.39 is 10.0 Å². The summed E-state index contributed by atoms with van der Waals surface area (Å²) in [5.41, 5.74) is 6.25. The monoisotopic (exact) mass is 634 g/mol. The molecule has 0 spiro atoms. The molecule has 0 aliphatic carbocycles. The number of hydrogen-bond donors (Lipinski definition) is 2. The molecule has 0 aliphatic heterocycles. The van der Waals surface area contributed by atoms with E-state index in [2.05, 4.69) is 20.7 Å². The molecule has 0 saturated heterocycles. The van der Waals surface area contributed by atoms with Crippen molar-refractivity contribution in [2.75, 3.05) is 15.9 Å². The lowest BCUT2D eigenvalue weighted by Crippen LogP contribution is -2.23. The Morgan fingerprint density at radius 3 is 2.30 bits per heavy atom. The summed E-state index contributed by atoms with van der Waals surface area (Å²) in [7, 11) is -3.47. The SMILES string of the molecule is Cc1c(NS(C)(=O)=O)cccc1N(Cc1ccc(Oc2cc(CO)cc(OCc3cccnc3)c2)cc1)Cc1cccc(C#N)c1. The second kappa shape index (κ2) is 14.6. The van der Waals surface area contributed by atoms with Gasteiger partial charge in [-0.25, -0.2) is 8.42 Å². The number of aliphatic hydroxyl groups excluding tert-OH is 1. The molecule has 1 heterocycles. The van der Waals surface area contributed by atoms with Crippen molar-refractivity contribution in [1.82, 2.24) is 4.98 Å². The number of aliphatic hydroxyl groups is 1. The van der Waals surface area contributed by atoms with Gasteiger partial charge >= 0.3 is 0 Å². The summed E-state index contributed by atoms with van der Waals surface area (Å²) in [4.78, 5) is 6.26. The minimum atomic E-state index is -3.47. The summed E-state index contributed by atoms with van der Waals surface area (Å²) in [6.45, 7) is 3.06. The van der Waals surface area contributed by atoms with E-state index in [4.69, 9.17) is 9.47 Å². The first-order valence-corrected chi connectivity index (χ1v) is 16.4. The Hall–Kier alpha value is -5.37. The van der Waals surface area contributed by atoms with Gasteiger partial charge in [0.15, 0.2) is 0 Å². The van der Waals surface area contributed by atoms with Crippen LogP contribution >= 0.6 is 0 Å². The highest BCUT2D eigenvalue weighted by Gasteiger charge is 2.16. The number of rotatable bonds is 13. The molecule has 4 aromatic carbocycles. The third-order valence-electron chi connectivity index (χ3n) is 7.15. The molecular formula is C36H34N4O5S. The van der Waals surface area contributed by atoms with E-state index >= 15 is 0 Å². The first-order chi connectivity index (χ1) is 22.2. The van der Waals surface area contributed by atoms with Crippen molar-refractivity contribution in [2.24, 2.45) is 0 Å². The lowest BCUT2D eigenvalue weighted by atomic mass is 10.1. The van der Waals surface area contributed by atoms with Gasteiger partial charge in [-0.15, -0.1) is 0 Å². The van der Waals surface area contributed by atoms with Crippen LogP contribution in [-0.2, 0) is 36.3 Å². The third kappa shape index (κ3) is 8.85. The molecule has 1 aromatic heterocycles. The quantitative estimate of drug-likeness (QED) is 0.147. The highest BCUT2D eigenvalue weighted by molar-refractivity contribution is 7.92. The molecule has 0 fully saturated rings. The topological polar surface area (TPSA) is 125 Å². The highest BCUT2D eigenvalue weighted by atomic mass is 32.2. The maximum absolute atomic E-state index is 12.0. The zero-order valence-electron chi connectivity index (χ0n) is 25.6. The molecule has 234 valence electrons. The van der Waals surface area contributed by atoms with Crippen LogP contribution in [0, 0.1) is 18.3 Å². The molecule has 5 aromatic rings. The Balaban J connectivity index is 1.36. The molecular weight excluding hydrogens is 600 g/mol. The van der Waals surface area contributed by atoms with Crippen LogP contribution in [0.15, 0.2) is 109 Å². The van der Waals surface area contributed by atoms with Crippen LogP contribution in [0.1, 0.15) is 33.4 Å². The van der Waals surface area contributed by atoms with E-state index in [9.17, 15) is 18.8 Å². The van der Waals surface area contributed by atoms with Gasteiger partial charge in [-0.05, 0) is 83.8 Å². The third-order valence-corrected chi connectivity index (χ3v) is 7.74. The van der Waals surface area contributed by atoms with E-state index in [-0.39, 0.29) is 6.61 Å². The fourth-order valence-electron chi connectivity index (χ4n) is 5.00. The van der Waals surface area contributed by atoms with E-state index in [1.54, 1.807) is 42.7 Å². The number of nitrogens with one attached hydrogen (secondary N) is 1. The highest BCUT2D eigenvalue weighted by Crippen LogP contribution is 2.32. The zero-order chi connectivity index (χ0) is 32.5. The Morgan fingerprint density at radius 1 is 0.848 bits per heavy atom. The average molecular weight is 635 g/mol. The fraction of sp³-hybridized carbons (Fsp3) is 0.167. The Bertz CT molecular complexity index is 1940. The van der Waals surface area contributed by atoms with Gasteiger partial charge in [0, 0.05) is 42.8 Å². The molecule has 0 amide bonds. The van der Waals surface area contributed by atoms with Gasteiger partial charge in [-0.3, -0.25) is 9.71 Å². The van der Waals surface area contributed by atoms with Crippen LogP contribution in [0.2, 0.25) is 0 Å². The first-order valence-electron chi connectivity index (χ1n) is 14.5. The van der Waals surface area contributed by atoms with Gasteiger partial charge in [0.2, 0.25) is 10.0 Å². The van der Waals surface area contributed by atoms with E-state index in [1.165, 1.54) is 0 Å². The molecule has 10 heteroatoms. The molecule has 0 bridgehead atoms. The molecule has 0 radical (unpaired) electrons. The predicted molar refractivity (Wildman–Crippen MR) is 178 cm³/mol. The van der Waals surface area contributed by atoms with Crippen molar-refractivity contribution >= 4 is 21.4 Å². The van der Waals surface area contributed by atoms with Crippen molar-refractivity contribution in [3.8, 4) is 23.3 Å². The van der Waals surface area contributed by atoms with Crippen LogP contribution in [0.4, 0.5) is 11.4 Å². The van der Waals surface area contributed by atoms with Crippen LogP contribution < -0.4 is 19.1 Å². The Morgan fingerprint density at radius 2 is 1.59 bits per heavy atom. The standard InChI is InChI=1S/C36H34N4O5S/c1-26-35(39-46(2,42)43)9-4-10-36(26)40(23-29-7-3-6-28(16-29)20-37)22-27-11-13-32(14-12-27)45-34-18-31(24-41)17-33(19-34)44-25-30-8-5-15-38-21-30/h3-19,21,39,41H,22-25H2,1-2H3. The van der Waals surface area contributed by atoms with Crippen molar-refractivity contribution in [2.45, 2.75) is 33.2 Å². The smallest absolute Gasteiger partial charge is 0.229 e. The molecule has 9 nitrogen and oxygen atoms in total. The predicted octanol–water partition coefficient (Wildman–Crippen LogP) is 6.70. The number of anilines is 2. The molecule has 5 rings (SSSR count). The van der Waals surface area contributed by atoms with Crippen molar-refractivity contribution in [1.29, 1.82) is 5.26 Å². The fourth-order valence-corrected chi connectivity index (χ4v) is 5.62. The lowest BCUT2D eigenvalue weighted by molar-refractivity contribution is 0.276. The largest absolute Gasteiger partial charge is 0.489 e. The van der Waals surface area contributed by atoms with Crippen molar-refractivity contribution in [3.63, 3.8) is 0 Å². The maximum Gasteiger partial charge on any atom is 0.229 e. The first kappa shape index (κ1) is 32.0. The average Bonchev–Trinajstić information content (AvgIpc) is 3.05. The molecule has 2 N–H and O–H groups in total. The van der Waals surface area contributed by atoms with Crippen LogP contribution in [0.25, 0.3) is 0 Å². The van der Waals surface area contributed by atoms with Gasteiger partial charge in [-0.2, -0.15) is 5.26 Å². The number of ether oxygens (including phenoxy) is 2. The van der Waals surface area contributed by atoms with Gasteiger partial charge in [0.1, 0.15) is 23.9 Å². The van der Waals surface area contributed by atoms with Gasteiger partial charge < -0.3 is 19.5 Å². The van der Waals surface area contributed by atoms with Gasteiger partial charge in [0.25, 0.3) is 0 Å².